The number of amides is 1. The second-order valence-electron chi connectivity index (χ2n) is 13.2. The summed E-state index contributed by atoms with van der Waals surface area (Å²) in [4.78, 5) is 31.3. The molecule has 4 atom stereocenters. The third-order valence-corrected chi connectivity index (χ3v) is 10.8. The maximum absolute atomic E-state index is 14.9. The van der Waals surface area contributed by atoms with Gasteiger partial charge in [-0.25, -0.2) is 9.18 Å². The number of carboxylic acids is 1. The highest BCUT2D eigenvalue weighted by atomic mass is 19.1. The third kappa shape index (κ3) is 3.42. The number of hydrogen-bond donors (Lipinski definition) is 1. The Morgan fingerprint density at radius 1 is 0.975 bits per heavy atom. The van der Waals surface area contributed by atoms with Gasteiger partial charge in [-0.3, -0.25) is 4.79 Å². The molecular formula is C33H36FN3O3. The summed E-state index contributed by atoms with van der Waals surface area (Å²) in [5.74, 6) is -0.644. The highest BCUT2D eigenvalue weighted by Gasteiger charge is 2.65. The Kier molecular flexibility index (Phi) is 5.32. The van der Waals surface area contributed by atoms with Gasteiger partial charge in [-0.2, -0.15) is 0 Å². The minimum Gasteiger partial charge on any atom is -0.478 e. The molecule has 2 saturated carbocycles. The molecule has 1 N–H and O–H groups in total. The molecule has 3 aliphatic heterocycles. The van der Waals surface area contributed by atoms with Gasteiger partial charge in [-0.15, -0.1) is 0 Å². The van der Waals surface area contributed by atoms with E-state index in [0.29, 0.717) is 18.9 Å². The fourth-order valence-electron chi connectivity index (χ4n) is 8.98. The van der Waals surface area contributed by atoms with Crippen LogP contribution in [-0.2, 0) is 11.3 Å². The van der Waals surface area contributed by atoms with Crippen LogP contribution in [0.1, 0.15) is 84.7 Å². The van der Waals surface area contributed by atoms with E-state index in [9.17, 15) is 19.1 Å². The van der Waals surface area contributed by atoms with Gasteiger partial charge in [0.2, 0.25) is 5.91 Å². The van der Waals surface area contributed by atoms with Crippen molar-refractivity contribution in [2.24, 2.45) is 5.41 Å². The molecule has 0 spiro atoms. The molecule has 0 radical (unpaired) electrons. The molecular weight excluding hydrogens is 505 g/mol. The van der Waals surface area contributed by atoms with E-state index in [1.54, 1.807) is 24.3 Å². The molecule has 1 amide bonds. The Bertz CT molecular complexity index is 1560. The number of carbonyl (C=O) groups is 2. The van der Waals surface area contributed by atoms with E-state index in [2.05, 4.69) is 21.4 Å². The highest BCUT2D eigenvalue weighted by Crippen LogP contribution is 2.66. The zero-order valence-corrected chi connectivity index (χ0v) is 23.0. The predicted molar refractivity (Wildman–Crippen MR) is 151 cm³/mol. The predicted octanol–water partition coefficient (Wildman–Crippen LogP) is 5.99. The summed E-state index contributed by atoms with van der Waals surface area (Å²) in [5, 5.41) is 11.0. The van der Waals surface area contributed by atoms with Gasteiger partial charge in [0.25, 0.3) is 0 Å². The Morgan fingerprint density at radius 3 is 2.45 bits per heavy atom. The highest BCUT2D eigenvalue weighted by molar-refractivity contribution is 6.00. The zero-order chi connectivity index (χ0) is 27.3. The van der Waals surface area contributed by atoms with E-state index in [4.69, 9.17) is 0 Å². The number of carbonyl (C=O) groups excluding carboxylic acids is 1. The van der Waals surface area contributed by atoms with Gasteiger partial charge in [0, 0.05) is 54.1 Å². The zero-order valence-electron chi connectivity index (χ0n) is 23.0. The standard InChI is InChI=1S/C33H36FN3O3/c1-35-16-22-9-10-23(17-35)37(22)32(40)33-15-27(33)26-14-21(34)8-12-24(26)30-29(19-5-3-2-4-6-19)25-11-7-20(31(38)39)13-28(25)36(30)18-33/h7-8,11-14,19,22-23,27H,2-6,9-10,15-18H2,1H3,(H,38,39)/t22?,23?,27-,33-/m0/s1. The maximum Gasteiger partial charge on any atom is 0.335 e. The van der Waals surface area contributed by atoms with Crippen LogP contribution in [0, 0.1) is 11.2 Å². The molecule has 1 aromatic heterocycles. The van der Waals surface area contributed by atoms with Crippen molar-refractivity contribution in [3.63, 3.8) is 0 Å². The molecule has 6 nitrogen and oxygen atoms in total. The molecule has 2 saturated heterocycles. The Labute approximate surface area is 233 Å². The first kappa shape index (κ1) is 24.6. The van der Waals surface area contributed by atoms with Crippen molar-refractivity contribution in [1.82, 2.24) is 14.4 Å². The molecule has 2 aliphatic carbocycles. The number of aromatic carboxylic acids is 1. The molecule has 208 valence electrons. The SMILES string of the molecule is CN1CC2CCC(C1)N2C(=O)[C@]12C[C@H]1c1cc(F)ccc1-c1c(C3CCCCC3)c3ccc(C(=O)O)cc3n1C2. The minimum absolute atomic E-state index is 0.0263. The quantitative estimate of drug-likeness (QED) is 0.443. The molecule has 2 bridgehead atoms. The normalized spacial score (nSPS) is 29.6. The van der Waals surface area contributed by atoms with Gasteiger partial charge in [-0.1, -0.05) is 25.3 Å². The van der Waals surface area contributed by atoms with Crippen molar-refractivity contribution in [1.29, 1.82) is 0 Å². The number of rotatable bonds is 3. The van der Waals surface area contributed by atoms with Crippen LogP contribution in [0.15, 0.2) is 36.4 Å². The smallest absolute Gasteiger partial charge is 0.335 e. The number of carboxylic acid groups (broad SMARTS) is 1. The van der Waals surface area contributed by atoms with E-state index in [1.165, 1.54) is 24.8 Å². The van der Waals surface area contributed by atoms with Crippen LogP contribution in [0.5, 0.6) is 0 Å². The van der Waals surface area contributed by atoms with E-state index >= 15 is 0 Å². The first-order valence-electron chi connectivity index (χ1n) is 15.1. The average Bonchev–Trinajstić information content (AvgIpc) is 3.53. The topological polar surface area (TPSA) is 65.8 Å². The molecule has 2 aromatic carbocycles. The van der Waals surface area contributed by atoms with Gasteiger partial charge in [-0.05, 0) is 86.5 Å². The van der Waals surface area contributed by atoms with Gasteiger partial charge >= 0.3 is 5.97 Å². The molecule has 4 fully saturated rings. The van der Waals surface area contributed by atoms with Crippen molar-refractivity contribution in [3.05, 3.63) is 58.9 Å². The van der Waals surface area contributed by atoms with E-state index in [-0.39, 0.29) is 35.3 Å². The maximum atomic E-state index is 14.9. The fraction of sp³-hybridized carbons (Fsp3) is 0.515. The lowest BCUT2D eigenvalue weighted by atomic mass is 9.81. The lowest BCUT2D eigenvalue weighted by Gasteiger charge is -2.41. The van der Waals surface area contributed by atoms with Gasteiger partial charge in [0.15, 0.2) is 0 Å². The molecule has 5 aliphatic rings. The summed E-state index contributed by atoms with van der Waals surface area (Å²) in [6.45, 7) is 2.32. The van der Waals surface area contributed by atoms with E-state index in [1.807, 2.05) is 12.1 Å². The summed E-state index contributed by atoms with van der Waals surface area (Å²) in [7, 11) is 2.14. The third-order valence-electron chi connectivity index (χ3n) is 10.8. The van der Waals surface area contributed by atoms with Crippen LogP contribution in [-0.4, -0.2) is 63.6 Å². The van der Waals surface area contributed by atoms with Crippen molar-refractivity contribution >= 4 is 22.8 Å². The number of likely N-dealkylation sites (N-methyl/N-ethyl adjacent to an activating group) is 1. The number of hydrogen-bond acceptors (Lipinski definition) is 3. The minimum atomic E-state index is -0.947. The number of fused-ring (bicyclic) bond motifs is 9. The number of nitrogens with zero attached hydrogens (tertiary/aromatic N) is 3. The van der Waals surface area contributed by atoms with Crippen LogP contribution < -0.4 is 0 Å². The van der Waals surface area contributed by atoms with Crippen LogP contribution in [0.25, 0.3) is 22.2 Å². The van der Waals surface area contributed by atoms with Gasteiger partial charge < -0.3 is 19.5 Å². The molecule has 3 aromatic rings. The first-order valence-corrected chi connectivity index (χ1v) is 15.1. The van der Waals surface area contributed by atoms with E-state index < -0.39 is 11.4 Å². The molecule has 8 rings (SSSR count). The summed E-state index contributed by atoms with van der Waals surface area (Å²) >= 11 is 0. The lowest BCUT2D eigenvalue weighted by molar-refractivity contribution is -0.143. The first-order chi connectivity index (χ1) is 19.4. The van der Waals surface area contributed by atoms with Crippen LogP contribution in [0.2, 0.25) is 0 Å². The van der Waals surface area contributed by atoms with Crippen molar-refractivity contribution in [2.45, 2.75) is 81.8 Å². The van der Waals surface area contributed by atoms with Crippen LogP contribution in [0.3, 0.4) is 0 Å². The molecule has 2 unspecified atom stereocenters. The number of aromatic nitrogens is 1. The van der Waals surface area contributed by atoms with Crippen molar-refractivity contribution < 1.29 is 19.1 Å². The number of likely N-dealkylation sites (tertiary alicyclic amines) is 1. The molecule has 7 heteroatoms. The van der Waals surface area contributed by atoms with Crippen molar-refractivity contribution in [2.75, 3.05) is 20.1 Å². The lowest BCUT2D eigenvalue weighted by Crippen LogP contribution is -2.57. The van der Waals surface area contributed by atoms with Gasteiger partial charge in [0.05, 0.1) is 16.7 Å². The summed E-state index contributed by atoms with van der Waals surface area (Å²) in [6, 6.07) is 11.1. The summed E-state index contributed by atoms with van der Waals surface area (Å²) in [5.41, 5.74) is 4.85. The molecule has 40 heavy (non-hydrogen) atoms. The van der Waals surface area contributed by atoms with Gasteiger partial charge in [0.1, 0.15) is 5.82 Å². The number of halogens is 1. The average molecular weight is 542 g/mol. The van der Waals surface area contributed by atoms with Crippen molar-refractivity contribution in [3.8, 4) is 11.3 Å². The number of benzene rings is 2. The Balaban J connectivity index is 1.35. The second kappa shape index (κ2) is 8.65. The summed E-state index contributed by atoms with van der Waals surface area (Å²) in [6.07, 6.45) is 8.58. The summed E-state index contributed by atoms with van der Waals surface area (Å²) < 4.78 is 17.2. The molecule has 4 heterocycles. The van der Waals surface area contributed by atoms with E-state index in [0.717, 1.165) is 66.5 Å². The number of piperazine rings is 1. The Hall–Kier alpha value is -3.19. The Morgan fingerprint density at radius 2 is 1.73 bits per heavy atom. The largest absolute Gasteiger partial charge is 0.478 e. The van der Waals surface area contributed by atoms with Crippen LogP contribution >= 0.6 is 0 Å². The monoisotopic (exact) mass is 541 g/mol. The second-order valence-corrected chi connectivity index (χ2v) is 13.2. The fourth-order valence-corrected chi connectivity index (χ4v) is 8.98. The van der Waals surface area contributed by atoms with Crippen LogP contribution in [0.4, 0.5) is 4.39 Å².